The molecule has 2 rings (SSSR count). The summed E-state index contributed by atoms with van der Waals surface area (Å²) in [6, 6.07) is 7.68. The maximum atomic E-state index is 12.1. The Kier molecular flexibility index (Phi) is 4.31. The quantitative estimate of drug-likeness (QED) is 0.870. The van der Waals surface area contributed by atoms with Gasteiger partial charge < -0.3 is 10.3 Å². The van der Waals surface area contributed by atoms with Crippen molar-refractivity contribution >= 4 is 28.6 Å². The lowest BCUT2D eigenvalue weighted by Gasteiger charge is -2.11. The molecular weight excluding hydrogens is 244 g/mol. The van der Waals surface area contributed by atoms with Crippen LogP contribution in [-0.4, -0.2) is 29.4 Å². The number of rotatable bonds is 5. The van der Waals surface area contributed by atoms with Gasteiger partial charge in [-0.1, -0.05) is 13.0 Å². The molecule has 2 N–H and O–H groups in total. The third-order valence-corrected chi connectivity index (χ3v) is 3.80. The number of carbonyl (C=O) groups is 1. The van der Waals surface area contributed by atoms with Gasteiger partial charge in [0.2, 0.25) is 0 Å². The Morgan fingerprint density at radius 2 is 2.28 bits per heavy atom. The van der Waals surface area contributed by atoms with Crippen LogP contribution in [0.25, 0.3) is 10.9 Å². The van der Waals surface area contributed by atoms with Gasteiger partial charge in [-0.3, -0.25) is 4.79 Å². The number of hydrogen-bond donors (Lipinski definition) is 2. The molecule has 2 aromatic rings. The molecule has 1 aromatic carbocycles. The van der Waals surface area contributed by atoms with E-state index in [9.17, 15) is 4.79 Å². The van der Waals surface area contributed by atoms with E-state index in [2.05, 4.69) is 23.5 Å². The van der Waals surface area contributed by atoms with Crippen LogP contribution in [0.5, 0.6) is 0 Å². The number of aromatic nitrogens is 1. The summed E-state index contributed by atoms with van der Waals surface area (Å²) in [6.07, 6.45) is 3.94. The second kappa shape index (κ2) is 5.96. The highest BCUT2D eigenvalue weighted by Gasteiger charge is 2.11. The maximum absolute atomic E-state index is 12.1. The van der Waals surface area contributed by atoms with Gasteiger partial charge in [-0.15, -0.1) is 0 Å². The van der Waals surface area contributed by atoms with E-state index in [-0.39, 0.29) is 5.91 Å². The Morgan fingerprint density at radius 1 is 1.44 bits per heavy atom. The van der Waals surface area contributed by atoms with E-state index < -0.39 is 0 Å². The number of aromatic amines is 1. The normalized spacial score (nSPS) is 12.6. The summed E-state index contributed by atoms with van der Waals surface area (Å²) in [5.74, 6) is 1.57. The summed E-state index contributed by atoms with van der Waals surface area (Å²) in [4.78, 5) is 15.3. The number of hydrogen-bond acceptors (Lipinski definition) is 2. The topological polar surface area (TPSA) is 44.9 Å². The molecular formula is C14H18N2OS. The summed E-state index contributed by atoms with van der Waals surface area (Å²) in [7, 11) is 0. The molecule has 0 bridgehead atoms. The Hall–Kier alpha value is -1.42. The third-order valence-electron chi connectivity index (χ3n) is 2.90. The molecule has 0 spiro atoms. The number of fused-ring (bicyclic) bond motifs is 1. The van der Waals surface area contributed by atoms with Crippen molar-refractivity contribution in [3.63, 3.8) is 0 Å². The van der Waals surface area contributed by atoms with Crippen LogP contribution < -0.4 is 5.32 Å². The number of thioether (sulfide) groups is 1. The van der Waals surface area contributed by atoms with Crippen LogP contribution in [-0.2, 0) is 0 Å². The number of nitrogens with one attached hydrogen (secondary N) is 2. The summed E-state index contributed by atoms with van der Waals surface area (Å²) < 4.78 is 0. The van der Waals surface area contributed by atoms with Crippen molar-refractivity contribution in [1.29, 1.82) is 0 Å². The molecule has 0 aliphatic carbocycles. The SMILES string of the molecule is CSCC(C)CNC(=O)c1cccc2[nH]ccc12. The van der Waals surface area contributed by atoms with E-state index in [4.69, 9.17) is 0 Å². The minimum atomic E-state index is 0.00755. The molecule has 1 aromatic heterocycles. The van der Waals surface area contributed by atoms with Gasteiger partial charge in [0.25, 0.3) is 5.91 Å². The van der Waals surface area contributed by atoms with Gasteiger partial charge in [0, 0.05) is 29.2 Å². The maximum Gasteiger partial charge on any atom is 0.251 e. The Labute approximate surface area is 111 Å². The standard InChI is InChI=1S/C14H18N2OS/c1-10(9-18-2)8-16-14(17)12-4-3-5-13-11(12)6-7-15-13/h3-7,10,15H,8-9H2,1-2H3,(H,16,17). The largest absolute Gasteiger partial charge is 0.361 e. The lowest BCUT2D eigenvalue weighted by molar-refractivity contribution is 0.0951. The Morgan fingerprint density at radius 3 is 3.06 bits per heavy atom. The van der Waals surface area contributed by atoms with Gasteiger partial charge in [-0.05, 0) is 36.1 Å². The zero-order valence-electron chi connectivity index (χ0n) is 10.7. The zero-order chi connectivity index (χ0) is 13.0. The van der Waals surface area contributed by atoms with Crippen LogP contribution in [0.4, 0.5) is 0 Å². The molecule has 0 saturated carbocycles. The van der Waals surface area contributed by atoms with Crippen molar-refractivity contribution in [3.8, 4) is 0 Å². The molecule has 0 aliphatic heterocycles. The number of amides is 1. The monoisotopic (exact) mass is 262 g/mol. The Bertz CT molecular complexity index is 535. The number of carbonyl (C=O) groups excluding carboxylic acids is 1. The van der Waals surface area contributed by atoms with E-state index in [1.165, 1.54) is 0 Å². The predicted octanol–water partition coefficient (Wildman–Crippen LogP) is 2.90. The second-order valence-electron chi connectivity index (χ2n) is 4.52. The third kappa shape index (κ3) is 2.88. The molecule has 18 heavy (non-hydrogen) atoms. The van der Waals surface area contributed by atoms with Crippen LogP contribution in [0.1, 0.15) is 17.3 Å². The molecule has 3 nitrogen and oxygen atoms in total. The first kappa shape index (κ1) is 13.0. The fourth-order valence-corrected chi connectivity index (χ4v) is 2.68. The van der Waals surface area contributed by atoms with Gasteiger partial charge in [0.1, 0.15) is 0 Å². The summed E-state index contributed by atoms with van der Waals surface area (Å²) in [5.41, 5.74) is 1.74. The van der Waals surface area contributed by atoms with Crippen molar-refractivity contribution < 1.29 is 4.79 Å². The van der Waals surface area contributed by atoms with Crippen molar-refractivity contribution in [1.82, 2.24) is 10.3 Å². The zero-order valence-corrected chi connectivity index (χ0v) is 11.5. The smallest absolute Gasteiger partial charge is 0.251 e. The lowest BCUT2D eigenvalue weighted by Crippen LogP contribution is -2.29. The summed E-state index contributed by atoms with van der Waals surface area (Å²) >= 11 is 1.80. The number of benzene rings is 1. The van der Waals surface area contributed by atoms with Gasteiger partial charge in [0.15, 0.2) is 0 Å². The molecule has 1 amide bonds. The fourth-order valence-electron chi connectivity index (χ4n) is 1.99. The van der Waals surface area contributed by atoms with Crippen molar-refractivity contribution in [2.24, 2.45) is 5.92 Å². The summed E-state index contributed by atoms with van der Waals surface area (Å²) in [6.45, 7) is 2.87. The second-order valence-corrected chi connectivity index (χ2v) is 5.43. The van der Waals surface area contributed by atoms with Gasteiger partial charge in [0.05, 0.1) is 0 Å². The van der Waals surface area contributed by atoms with E-state index in [0.29, 0.717) is 5.92 Å². The van der Waals surface area contributed by atoms with Gasteiger partial charge in [-0.2, -0.15) is 11.8 Å². The highest BCUT2D eigenvalue weighted by atomic mass is 32.2. The first-order valence-electron chi connectivity index (χ1n) is 6.05. The van der Waals surface area contributed by atoms with E-state index >= 15 is 0 Å². The van der Waals surface area contributed by atoms with Crippen LogP contribution in [0, 0.1) is 5.92 Å². The van der Waals surface area contributed by atoms with Crippen LogP contribution >= 0.6 is 11.8 Å². The first-order chi connectivity index (χ1) is 8.72. The predicted molar refractivity (Wildman–Crippen MR) is 78.2 cm³/mol. The highest BCUT2D eigenvalue weighted by Crippen LogP contribution is 2.17. The molecule has 4 heteroatoms. The van der Waals surface area contributed by atoms with Gasteiger partial charge >= 0.3 is 0 Å². The molecule has 96 valence electrons. The van der Waals surface area contributed by atoms with Crippen molar-refractivity contribution in [3.05, 3.63) is 36.0 Å². The molecule has 0 saturated heterocycles. The molecule has 1 heterocycles. The van der Waals surface area contributed by atoms with Crippen LogP contribution in [0.3, 0.4) is 0 Å². The highest BCUT2D eigenvalue weighted by molar-refractivity contribution is 7.98. The van der Waals surface area contributed by atoms with E-state index in [0.717, 1.165) is 28.8 Å². The molecule has 1 unspecified atom stereocenters. The first-order valence-corrected chi connectivity index (χ1v) is 7.45. The fraction of sp³-hybridized carbons (Fsp3) is 0.357. The molecule has 0 radical (unpaired) electrons. The molecule has 1 atom stereocenters. The molecule has 0 aliphatic rings. The van der Waals surface area contributed by atoms with Crippen molar-refractivity contribution in [2.75, 3.05) is 18.6 Å². The average Bonchev–Trinajstić information content (AvgIpc) is 2.84. The average molecular weight is 262 g/mol. The van der Waals surface area contributed by atoms with E-state index in [1.807, 2.05) is 30.5 Å². The molecule has 0 fully saturated rings. The van der Waals surface area contributed by atoms with Crippen LogP contribution in [0.15, 0.2) is 30.5 Å². The lowest BCUT2D eigenvalue weighted by atomic mass is 10.1. The van der Waals surface area contributed by atoms with Crippen molar-refractivity contribution in [2.45, 2.75) is 6.92 Å². The number of H-pyrrole nitrogens is 1. The van der Waals surface area contributed by atoms with Crippen LogP contribution in [0.2, 0.25) is 0 Å². The van der Waals surface area contributed by atoms with E-state index in [1.54, 1.807) is 11.8 Å². The van der Waals surface area contributed by atoms with Gasteiger partial charge in [-0.25, -0.2) is 0 Å². The Balaban J connectivity index is 2.07. The minimum Gasteiger partial charge on any atom is -0.361 e. The minimum absolute atomic E-state index is 0.00755. The summed E-state index contributed by atoms with van der Waals surface area (Å²) in [5, 5.41) is 3.98.